The van der Waals surface area contributed by atoms with E-state index in [2.05, 4.69) is 4.74 Å². The van der Waals surface area contributed by atoms with E-state index in [1.165, 1.54) is 43.3 Å². The number of rotatable bonds is 5. The molecule has 0 saturated carbocycles. The summed E-state index contributed by atoms with van der Waals surface area (Å²) in [6.07, 6.45) is -4.34. The number of halogens is 8. The van der Waals surface area contributed by atoms with Crippen LogP contribution in [0.3, 0.4) is 0 Å². The minimum Gasteiger partial charge on any atom is -0.429 e. The molecule has 0 aliphatic heterocycles. The molecule has 180 valence electrons. The predicted molar refractivity (Wildman–Crippen MR) is 113 cm³/mol. The van der Waals surface area contributed by atoms with Gasteiger partial charge in [-0.1, -0.05) is 42.5 Å². The third kappa shape index (κ3) is 4.71. The first-order valence-electron chi connectivity index (χ1n) is 10.0. The van der Waals surface area contributed by atoms with E-state index in [9.17, 15) is 35.1 Å². The zero-order valence-electron chi connectivity index (χ0n) is 17.8. The zero-order chi connectivity index (χ0) is 25.5. The highest BCUT2D eigenvalue weighted by Crippen LogP contribution is 2.36. The molecule has 9 heteroatoms. The average Bonchev–Trinajstić information content (AvgIpc) is 2.81. The lowest BCUT2D eigenvalue weighted by Crippen LogP contribution is -2.23. The number of alkyl halides is 2. The van der Waals surface area contributed by atoms with Crippen LogP contribution in [0.4, 0.5) is 35.1 Å². The Hall–Kier alpha value is -3.88. The lowest BCUT2D eigenvalue weighted by Gasteiger charge is -2.19. The van der Waals surface area contributed by atoms with Crippen molar-refractivity contribution in [3.05, 3.63) is 113 Å². The summed E-state index contributed by atoms with van der Waals surface area (Å²) in [5, 5.41) is 0. The molecule has 1 nitrogen and oxygen atoms in total. The van der Waals surface area contributed by atoms with Crippen LogP contribution in [0, 0.1) is 41.8 Å². The highest BCUT2D eigenvalue weighted by molar-refractivity contribution is 5.71. The quantitative estimate of drug-likeness (QED) is 0.200. The van der Waals surface area contributed by atoms with Crippen molar-refractivity contribution in [3.63, 3.8) is 0 Å². The van der Waals surface area contributed by atoms with Gasteiger partial charge in [0.1, 0.15) is 11.6 Å². The fourth-order valence-corrected chi connectivity index (χ4v) is 3.44. The van der Waals surface area contributed by atoms with Crippen LogP contribution in [0.15, 0.2) is 66.7 Å². The van der Waals surface area contributed by atoms with Crippen molar-refractivity contribution in [2.75, 3.05) is 0 Å². The standard InChI is InChI=1S/C26H14F8O/c1-13-2-8-18(24(31)23(13)30)15-5-3-14(4-6-15)16-7-9-19(20(27)10-16)26(33,34)35-17-11-21(28)25(32)22(29)12-17/h2-12H,1H3. The van der Waals surface area contributed by atoms with Gasteiger partial charge in [0.2, 0.25) is 0 Å². The Morgan fingerprint density at radius 1 is 0.571 bits per heavy atom. The molecule has 0 N–H and O–H groups in total. The summed E-state index contributed by atoms with van der Waals surface area (Å²) < 4.78 is 115. The van der Waals surface area contributed by atoms with Crippen LogP contribution in [0.1, 0.15) is 11.1 Å². The fraction of sp³-hybridized carbons (Fsp3) is 0.0769. The number of hydrogen-bond donors (Lipinski definition) is 0. The van der Waals surface area contributed by atoms with Crippen molar-refractivity contribution in [2.45, 2.75) is 13.0 Å². The van der Waals surface area contributed by atoms with Crippen molar-refractivity contribution >= 4 is 0 Å². The lowest BCUT2D eigenvalue weighted by atomic mass is 9.98. The number of benzene rings is 4. The lowest BCUT2D eigenvalue weighted by molar-refractivity contribution is -0.187. The molecule has 0 saturated heterocycles. The number of ether oxygens (including phenoxy) is 1. The summed E-state index contributed by atoms with van der Waals surface area (Å²) in [5.74, 6) is -9.77. The molecule has 0 atom stereocenters. The van der Waals surface area contributed by atoms with E-state index in [1.54, 1.807) is 0 Å². The highest BCUT2D eigenvalue weighted by atomic mass is 19.3. The van der Waals surface area contributed by atoms with Crippen molar-refractivity contribution in [1.82, 2.24) is 0 Å². The summed E-state index contributed by atoms with van der Waals surface area (Å²) in [7, 11) is 0. The molecule has 0 fully saturated rings. The van der Waals surface area contributed by atoms with Crippen molar-refractivity contribution < 1.29 is 39.9 Å². The van der Waals surface area contributed by atoms with Crippen LogP contribution in [0.5, 0.6) is 5.75 Å². The van der Waals surface area contributed by atoms with E-state index in [-0.39, 0.29) is 28.8 Å². The molecule has 0 amide bonds. The van der Waals surface area contributed by atoms with E-state index in [1.807, 2.05) is 0 Å². The zero-order valence-corrected chi connectivity index (χ0v) is 17.8. The summed E-state index contributed by atoms with van der Waals surface area (Å²) >= 11 is 0. The molecular formula is C26H14F8O. The Morgan fingerprint density at radius 2 is 1.14 bits per heavy atom. The van der Waals surface area contributed by atoms with Gasteiger partial charge in [0.25, 0.3) is 0 Å². The summed E-state index contributed by atoms with van der Waals surface area (Å²) in [4.78, 5) is 0. The van der Waals surface area contributed by atoms with Gasteiger partial charge < -0.3 is 4.74 Å². The molecular weight excluding hydrogens is 480 g/mol. The Kier molecular flexibility index (Phi) is 6.27. The van der Waals surface area contributed by atoms with Gasteiger partial charge in [0, 0.05) is 17.7 Å². The maximum atomic E-state index is 14.6. The fourth-order valence-electron chi connectivity index (χ4n) is 3.44. The van der Waals surface area contributed by atoms with E-state index >= 15 is 0 Å². The molecule has 0 aliphatic carbocycles. The van der Waals surface area contributed by atoms with Gasteiger partial charge in [-0.25, -0.2) is 26.3 Å². The molecule has 4 aromatic rings. The number of hydrogen-bond acceptors (Lipinski definition) is 1. The second-order valence-corrected chi connectivity index (χ2v) is 7.65. The Morgan fingerprint density at radius 3 is 1.74 bits per heavy atom. The van der Waals surface area contributed by atoms with E-state index in [0.29, 0.717) is 11.1 Å². The molecule has 0 heterocycles. The van der Waals surface area contributed by atoms with Gasteiger partial charge in [0.05, 0.1) is 5.56 Å². The maximum absolute atomic E-state index is 14.6. The van der Waals surface area contributed by atoms with Crippen LogP contribution in [0.25, 0.3) is 22.3 Å². The number of aryl methyl sites for hydroxylation is 1. The first-order chi connectivity index (χ1) is 16.5. The molecule has 0 aromatic heterocycles. The average molecular weight is 494 g/mol. The Labute approximate surface area is 194 Å². The first-order valence-corrected chi connectivity index (χ1v) is 10.0. The molecule has 0 unspecified atom stereocenters. The van der Waals surface area contributed by atoms with Crippen molar-refractivity contribution in [1.29, 1.82) is 0 Å². The summed E-state index contributed by atoms with van der Waals surface area (Å²) in [6.45, 7) is 1.42. The molecule has 35 heavy (non-hydrogen) atoms. The van der Waals surface area contributed by atoms with Crippen LogP contribution >= 0.6 is 0 Å². The maximum Gasteiger partial charge on any atom is 0.429 e. The van der Waals surface area contributed by atoms with Gasteiger partial charge in [0.15, 0.2) is 29.1 Å². The molecule has 4 rings (SSSR count). The molecule has 0 radical (unpaired) electrons. The second kappa shape index (κ2) is 9.05. The van der Waals surface area contributed by atoms with Crippen molar-refractivity contribution in [2.24, 2.45) is 0 Å². The minimum absolute atomic E-state index is 0.0200. The topological polar surface area (TPSA) is 9.23 Å². The predicted octanol–water partition coefficient (Wildman–Crippen LogP) is 8.29. The monoisotopic (exact) mass is 494 g/mol. The van der Waals surface area contributed by atoms with Gasteiger partial charge in [-0.15, -0.1) is 0 Å². The van der Waals surface area contributed by atoms with Crippen LogP contribution in [-0.4, -0.2) is 0 Å². The van der Waals surface area contributed by atoms with E-state index in [4.69, 9.17) is 0 Å². The summed E-state index contributed by atoms with van der Waals surface area (Å²) in [6, 6.07) is 11.8. The smallest absolute Gasteiger partial charge is 0.429 e. The largest absolute Gasteiger partial charge is 0.429 e. The Bertz CT molecular complexity index is 1390. The van der Waals surface area contributed by atoms with Crippen LogP contribution < -0.4 is 4.74 Å². The van der Waals surface area contributed by atoms with Gasteiger partial charge >= 0.3 is 6.11 Å². The van der Waals surface area contributed by atoms with E-state index in [0.717, 1.165) is 18.2 Å². The van der Waals surface area contributed by atoms with E-state index < -0.39 is 52.3 Å². The van der Waals surface area contributed by atoms with Gasteiger partial charge in [-0.05, 0) is 41.3 Å². The molecule has 0 bridgehead atoms. The second-order valence-electron chi connectivity index (χ2n) is 7.65. The SMILES string of the molecule is Cc1ccc(-c2ccc(-c3ccc(C(F)(F)Oc4cc(F)c(F)c(F)c4)c(F)c3)cc2)c(F)c1F. The van der Waals surface area contributed by atoms with Crippen LogP contribution in [-0.2, 0) is 6.11 Å². The van der Waals surface area contributed by atoms with Gasteiger partial charge in [-0.3, -0.25) is 0 Å². The molecule has 0 aliphatic rings. The Balaban J connectivity index is 1.60. The normalized spacial score (nSPS) is 11.6. The van der Waals surface area contributed by atoms with Crippen molar-refractivity contribution in [3.8, 4) is 28.0 Å². The minimum atomic E-state index is -4.34. The third-order valence-corrected chi connectivity index (χ3v) is 5.29. The summed E-state index contributed by atoms with van der Waals surface area (Å²) in [5.41, 5.74) is -0.135. The highest BCUT2D eigenvalue weighted by Gasteiger charge is 2.38. The van der Waals surface area contributed by atoms with Crippen LogP contribution in [0.2, 0.25) is 0 Å². The first kappa shape index (κ1) is 24.3. The molecule has 4 aromatic carbocycles. The molecule has 0 spiro atoms. The van der Waals surface area contributed by atoms with Gasteiger partial charge in [-0.2, -0.15) is 8.78 Å². The third-order valence-electron chi connectivity index (χ3n) is 5.29.